The topological polar surface area (TPSA) is 40.5 Å². The van der Waals surface area contributed by atoms with Gasteiger partial charge in [-0.15, -0.1) is 0 Å². The molecule has 0 aliphatic rings. The van der Waals surface area contributed by atoms with Gasteiger partial charge in [-0.3, -0.25) is 0 Å². The molecule has 3 aromatic carbocycles. The Bertz CT molecular complexity index is 884. The fraction of sp³-hybridized carbons (Fsp3) is 0.308. The summed E-state index contributed by atoms with van der Waals surface area (Å²) in [4.78, 5) is 0. The van der Waals surface area contributed by atoms with Gasteiger partial charge in [0.2, 0.25) is 0 Å². The third-order valence-corrected chi connectivity index (χ3v) is 5.67. The average Bonchev–Trinajstić information content (AvgIpc) is 2.66. The lowest BCUT2D eigenvalue weighted by Gasteiger charge is -2.17. The van der Waals surface area contributed by atoms with Crippen molar-refractivity contribution >= 4 is 0 Å². The summed E-state index contributed by atoms with van der Waals surface area (Å²) in [5.74, 6) is 1.31. The van der Waals surface area contributed by atoms with Crippen LogP contribution >= 0.6 is 0 Å². The number of phenolic OH excluding ortho intramolecular Hbond substituents is 2. The maximum absolute atomic E-state index is 10.4. The standard InChI is InChI=1S/C26H30O2/c1-17-8-5-12-23(25(17)27)19(3)14-21-10-7-11-22(16-21)15-20(4)24-13-6-9-18(2)26(24)28/h5-13,16,19-20,27-28H,14-15H2,1-4H3. The Morgan fingerprint density at radius 3 is 1.46 bits per heavy atom. The van der Waals surface area contributed by atoms with Gasteiger partial charge in [0.15, 0.2) is 0 Å². The molecule has 3 rings (SSSR count). The van der Waals surface area contributed by atoms with Gasteiger partial charge in [-0.1, -0.05) is 74.5 Å². The van der Waals surface area contributed by atoms with Gasteiger partial charge in [0, 0.05) is 0 Å². The molecule has 0 saturated carbocycles. The van der Waals surface area contributed by atoms with Crippen LogP contribution in [0.15, 0.2) is 60.7 Å². The van der Waals surface area contributed by atoms with Gasteiger partial charge in [-0.05, 0) is 71.9 Å². The maximum Gasteiger partial charge on any atom is 0.121 e. The second kappa shape index (κ2) is 8.52. The number of hydrogen-bond acceptors (Lipinski definition) is 2. The van der Waals surface area contributed by atoms with Crippen molar-refractivity contribution in [1.29, 1.82) is 0 Å². The van der Waals surface area contributed by atoms with E-state index in [-0.39, 0.29) is 11.8 Å². The van der Waals surface area contributed by atoms with Crippen LogP contribution in [0.1, 0.15) is 59.1 Å². The van der Waals surface area contributed by atoms with E-state index in [0.29, 0.717) is 11.5 Å². The van der Waals surface area contributed by atoms with Gasteiger partial charge < -0.3 is 10.2 Å². The Morgan fingerprint density at radius 2 is 1.04 bits per heavy atom. The summed E-state index contributed by atoms with van der Waals surface area (Å²) in [7, 11) is 0. The number of aryl methyl sites for hydroxylation is 2. The molecule has 0 aliphatic heterocycles. The predicted molar refractivity (Wildman–Crippen MR) is 116 cm³/mol. The fourth-order valence-electron chi connectivity index (χ4n) is 3.97. The molecule has 0 spiro atoms. The molecular weight excluding hydrogens is 344 g/mol. The summed E-state index contributed by atoms with van der Waals surface area (Å²) in [5, 5.41) is 20.7. The van der Waals surface area contributed by atoms with Crippen molar-refractivity contribution in [1.82, 2.24) is 0 Å². The number of benzene rings is 3. The molecule has 0 bridgehead atoms. The number of para-hydroxylation sites is 2. The van der Waals surface area contributed by atoms with Gasteiger partial charge in [0.25, 0.3) is 0 Å². The van der Waals surface area contributed by atoms with Crippen LogP contribution in [-0.2, 0) is 12.8 Å². The van der Waals surface area contributed by atoms with Crippen molar-refractivity contribution in [3.63, 3.8) is 0 Å². The lowest BCUT2D eigenvalue weighted by Crippen LogP contribution is -2.02. The van der Waals surface area contributed by atoms with E-state index >= 15 is 0 Å². The minimum atomic E-state index is 0.244. The normalized spacial score (nSPS) is 13.3. The van der Waals surface area contributed by atoms with Crippen molar-refractivity contribution in [2.24, 2.45) is 0 Å². The highest BCUT2D eigenvalue weighted by molar-refractivity contribution is 5.43. The Hall–Kier alpha value is -2.74. The van der Waals surface area contributed by atoms with E-state index in [1.165, 1.54) is 11.1 Å². The highest BCUT2D eigenvalue weighted by atomic mass is 16.3. The molecule has 2 nitrogen and oxygen atoms in total. The maximum atomic E-state index is 10.4. The van der Waals surface area contributed by atoms with E-state index in [0.717, 1.165) is 35.1 Å². The molecule has 0 radical (unpaired) electrons. The molecule has 0 saturated heterocycles. The smallest absolute Gasteiger partial charge is 0.121 e. The molecule has 3 aromatic rings. The molecule has 0 aromatic heterocycles. The van der Waals surface area contributed by atoms with Gasteiger partial charge in [0.1, 0.15) is 11.5 Å². The zero-order valence-electron chi connectivity index (χ0n) is 17.2. The van der Waals surface area contributed by atoms with Crippen LogP contribution in [0.25, 0.3) is 0 Å². The van der Waals surface area contributed by atoms with Gasteiger partial charge >= 0.3 is 0 Å². The Morgan fingerprint density at radius 1 is 0.643 bits per heavy atom. The zero-order valence-corrected chi connectivity index (χ0v) is 17.2. The first kappa shape index (κ1) is 20.0. The Kier molecular flexibility index (Phi) is 6.08. The summed E-state index contributed by atoms with van der Waals surface area (Å²) in [6, 6.07) is 20.6. The minimum Gasteiger partial charge on any atom is -0.507 e. The first-order valence-electron chi connectivity index (χ1n) is 10.0. The third kappa shape index (κ3) is 4.39. The largest absolute Gasteiger partial charge is 0.507 e. The van der Waals surface area contributed by atoms with Crippen molar-refractivity contribution < 1.29 is 10.2 Å². The van der Waals surface area contributed by atoms with Crippen LogP contribution in [-0.4, -0.2) is 10.2 Å². The van der Waals surface area contributed by atoms with Crippen LogP contribution in [0, 0.1) is 13.8 Å². The monoisotopic (exact) mass is 374 g/mol. The molecular formula is C26H30O2. The molecule has 0 amide bonds. The highest BCUT2D eigenvalue weighted by Crippen LogP contribution is 2.33. The summed E-state index contributed by atoms with van der Waals surface area (Å²) in [6.45, 7) is 8.20. The summed E-state index contributed by atoms with van der Waals surface area (Å²) >= 11 is 0. The molecule has 0 heterocycles. The van der Waals surface area contributed by atoms with Crippen LogP contribution in [0.4, 0.5) is 0 Å². The van der Waals surface area contributed by atoms with Crippen LogP contribution < -0.4 is 0 Å². The lowest BCUT2D eigenvalue weighted by atomic mass is 9.89. The van der Waals surface area contributed by atoms with Gasteiger partial charge in [-0.2, -0.15) is 0 Å². The molecule has 0 fully saturated rings. The number of rotatable bonds is 6. The average molecular weight is 375 g/mol. The summed E-state index contributed by atoms with van der Waals surface area (Å²) in [5.41, 5.74) is 6.39. The molecule has 2 heteroatoms. The first-order valence-corrected chi connectivity index (χ1v) is 10.0. The Labute approximate surface area is 168 Å². The fourth-order valence-corrected chi connectivity index (χ4v) is 3.97. The molecule has 2 unspecified atom stereocenters. The molecule has 2 atom stereocenters. The van der Waals surface area contributed by atoms with Crippen LogP contribution in [0.2, 0.25) is 0 Å². The second-order valence-electron chi connectivity index (χ2n) is 8.06. The van der Waals surface area contributed by atoms with Crippen LogP contribution in [0.5, 0.6) is 11.5 Å². The van der Waals surface area contributed by atoms with Crippen LogP contribution in [0.3, 0.4) is 0 Å². The van der Waals surface area contributed by atoms with E-state index in [1.807, 2.05) is 50.2 Å². The molecule has 146 valence electrons. The van der Waals surface area contributed by atoms with E-state index in [2.05, 4.69) is 38.1 Å². The quantitative estimate of drug-likeness (QED) is 0.523. The lowest BCUT2D eigenvalue weighted by molar-refractivity contribution is 0.458. The zero-order chi connectivity index (χ0) is 20.3. The number of aromatic hydroxyl groups is 2. The van der Waals surface area contributed by atoms with Crippen molar-refractivity contribution in [3.8, 4) is 11.5 Å². The van der Waals surface area contributed by atoms with E-state index < -0.39 is 0 Å². The highest BCUT2D eigenvalue weighted by Gasteiger charge is 2.15. The van der Waals surface area contributed by atoms with E-state index in [4.69, 9.17) is 0 Å². The van der Waals surface area contributed by atoms with Crippen molar-refractivity contribution in [2.75, 3.05) is 0 Å². The number of hydrogen-bond donors (Lipinski definition) is 2. The van der Waals surface area contributed by atoms with E-state index in [1.54, 1.807) is 0 Å². The van der Waals surface area contributed by atoms with Crippen molar-refractivity contribution in [3.05, 3.63) is 94.0 Å². The summed E-state index contributed by atoms with van der Waals surface area (Å²) in [6.07, 6.45) is 1.77. The summed E-state index contributed by atoms with van der Waals surface area (Å²) < 4.78 is 0. The SMILES string of the molecule is Cc1cccc(C(C)Cc2cccc(CC(C)c3cccc(C)c3O)c2)c1O. The second-order valence-corrected chi connectivity index (χ2v) is 8.06. The number of phenols is 2. The first-order chi connectivity index (χ1) is 13.4. The third-order valence-electron chi connectivity index (χ3n) is 5.67. The van der Waals surface area contributed by atoms with Gasteiger partial charge in [-0.25, -0.2) is 0 Å². The van der Waals surface area contributed by atoms with Crippen molar-refractivity contribution in [2.45, 2.75) is 52.4 Å². The molecule has 28 heavy (non-hydrogen) atoms. The minimum absolute atomic E-state index is 0.244. The van der Waals surface area contributed by atoms with Gasteiger partial charge in [0.05, 0.1) is 0 Å². The Balaban J connectivity index is 1.75. The van der Waals surface area contributed by atoms with E-state index in [9.17, 15) is 10.2 Å². The molecule has 2 N–H and O–H groups in total. The molecule has 0 aliphatic carbocycles. The predicted octanol–water partition coefficient (Wildman–Crippen LogP) is 6.41.